The van der Waals surface area contributed by atoms with E-state index >= 15 is 0 Å². The van der Waals surface area contributed by atoms with Crippen LogP contribution in [0.3, 0.4) is 0 Å². The smallest absolute Gasteiger partial charge is 0.242 e. The zero-order valence-electron chi connectivity index (χ0n) is 15.3. The molecule has 0 radical (unpaired) electrons. The summed E-state index contributed by atoms with van der Waals surface area (Å²) in [5, 5.41) is 5.89. The lowest BCUT2D eigenvalue weighted by Crippen LogP contribution is -2.27. The van der Waals surface area contributed by atoms with Gasteiger partial charge in [-0.2, -0.15) is 5.10 Å². The van der Waals surface area contributed by atoms with Crippen LogP contribution in [-0.2, 0) is 14.8 Å². The Hall–Kier alpha value is -2.45. The number of carbonyl (C=O) groups is 1. The fourth-order valence-corrected chi connectivity index (χ4v) is 3.95. The minimum atomic E-state index is -3.43. The van der Waals surface area contributed by atoms with Gasteiger partial charge < -0.3 is 0 Å². The van der Waals surface area contributed by atoms with Gasteiger partial charge in [-0.3, -0.25) is 9.52 Å². The highest BCUT2D eigenvalue weighted by atomic mass is 35.5. The molecule has 1 aliphatic rings. The van der Waals surface area contributed by atoms with E-state index in [1.807, 2.05) is 0 Å². The third-order valence-electron chi connectivity index (χ3n) is 4.30. The molecular formula is C19H19ClFN3O3S. The normalized spacial score (nSPS) is 16.8. The van der Waals surface area contributed by atoms with Gasteiger partial charge in [0.05, 0.1) is 18.0 Å². The van der Waals surface area contributed by atoms with Crippen molar-refractivity contribution in [3.8, 4) is 0 Å². The number of hydrogen-bond donors (Lipinski definition) is 1. The second-order valence-electron chi connectivity index (χ2n) is 6.45. The molecule has 0 aromatic heterocycles. The maximum Gasteiger partial charge on any atom is 0.242 e. The van der Waals surface area contributed by atoms with Crippen molar-refractivity contribution >= 4 is 38.9 Å². The lowest BCUT2D eigenvalue weighted by molar-refractivity contribution is -0.132. The Balaban J connectivity index is 2.00. The maximum atomic E-state index is 14.5. The van der Waals surface area contributed by atoms with E-state index in [-0.39, 0.29) is 29.3 Å². The Morgan fingerprint density at radius 2 is 2.04 bits per heavy atom. The van der Waals surface area contributed by atoms with Crippen molar-refractivity contribution in [2.75, 3.05) is 11.0 Å². The van der Waals surface area contributed by atoms with E-state index in [1.54, 1.807) is 37.3 Å². The predicted octanol–water partition coefficient (Wildman–Crippen LogP) is 3.94. The largest absolute Gasteiger partial charge is 0.284 e. The van der Waals surface area contributed by atoms with Gasteiger partial charge in [0.2, 0.25) is 15.9 Å². The summed E-state index contributed by atoms with van der Waals surface area (Å²) < 4.78 is 39.8. The Kier molecular flexibility index (Phi) is 5.71. The van der Waals surface area contributed by atoms with Crippen LogP contribution in [-0.4, -0.2) is 31.3 Å². The van der Waals surface area contributed by atoms with Gasteiger partial charge in [-0.1, -0.05) is 36.7 Å². The Morgan fingerprint density at radius 1 is 1.32 bits per heavy atom. The summed E-state index contributed by atoms with van der Waals surface area (Å²) in [5.74, 6) is -0.764. The van der Waals surface area contributed by atoms with Gasteiger partial charge in [0.1, 0.15) is 5.82 Å². The van der Waals surface area contributed by atoms with Crippen molar-refractivity contribution in [1.29, 1.82) is 0 Å². The highest BCUT2D eigenvalue weighted by molar-refractivity contribution is 7.92. The summed E-state index contributed by atoms with van der Waals surface area (Å²) in [6.45, 7) is 1.70. The molecule has 28 heavy (non-hydrogen) atoms. The first kappa shape index (κ1) is 20.3. The molecule has 0 unspecified atom stereocenters. The molecule has 1 heterocycles. The van der Waals surface area contributed by atoms with E-state index in [0.717, 1.165) is 6.26 Å². The van der Waals surface area contributed by atoms with Gasteiger partial charge in [0.25, 0.3) is 0 Å². The first-order chi connectivity index (χ1) is 13.2. The summed E-state index contributed by atoms with van der Waals surface area (Å²) in [4.78, 5) is 12.4. The van der Waals surface area contributed by atoms with Crippen molar-refractivity contribution in [1.82, 2.24) is 5.01 Å². The standard InChI is InChI=1S/C19H19ClFN3O3S/c1-3-18(25)24-17(19-14(20)8-5-9-15(19)21)11-16(22-24)12-6-4-7-13(10-12)23-28(2,26)27/h4-10,17,23H,3,11H2,1-2H3/t17-/m0/s1. The van der Waals surface area contributed by atoms with Gasteiger partial charge in [-0.05, 0) is 29.8 Å². The second kappa shape index (κ2) is 7.89. The van der Waals surface area contributed by atoms with Crippen LogP contribution in [0, 0.1) is 5.82 Å². The number of amides is 1. The summed E-state index contributed by atoms with van der Waals surface area (Å²) in [6, 6.07) is 10.4. The fourth-order valence-electron chi connectivity index (χ4n) is 3.11. The number of anilines is 1. The number of sulfonamides is 1. The molecule has 9 heteroatoms. The van der Waals surface area contributed by atoms with Gasteiger partial charge in [0.15, 0.2) is 0 Å². The fraction of sp³-hybridized carbons (Fsp3) is 0.263. The first-order valence-electron chi connectivity index (χ1n) is 8.61. The van der Waals surface area contributed by atoms with E-state index in [2.05, 4.69) is 9.82 Å². The van der Waals surface area contributed by atoms with Crippen molar-refractivity contribution in [3.05, 3.63) is 64.4 Å². The summed E-state index contributed by atoms with van der Waals surface area (Å²) in [6.07, 6.45) is 1.52. The molecule has 1 aliphatic heterocycles. The average molecular weight is 424 g/mol. The molecule has 0 fully saturated rings. The molecule has 0 bridgehead atoms. The summed E-state index contributed by atoms with van der Waals surface area (Å²) in [7, 11) is -3.43. The Labute approximate surface area is 168 Å². The molecule has 3 rings (SSSR count). The monoisotopic (exact) mass is 423 g/mol. The predicted molar refractivity (Wildman–Crippen MR) is 107 cm³/mol. The van der Waals surface area contributed by atoms with Crippen LogP contribution in [0.5, 0.6) is 0 Å². The van der Waals surface area contributed by atoms with Crippen LogP contribution in [0.25, 0.3) is 0 Å². The summed E-state index contributed by atoms with van der Waals surface area (Å²) >= 11 is 6.21. The molecule has 1 N–H and O–H groups in total. The van der Waals surface area contributed by atoms with Crippen LogP contribution in [0.4, 0.5) is 10.1 Å². The number of hydrazone groups is 1. The molecule has 0 saturated carbocycles. The van der Waals surface area contributed by atoms with Gasteiger partial charge in [-0.25, -0.2) is 17.8 Å². The third-order valence-corrected chi connectivity index (χ3v) is 5.24. The van der Waals surface area contributed by atoms with E-state index in [9.17, 15) is 17.6 Å². The first-order valence-corrected chi connectivity index (χ1v) is 10.9. The molecule has 2 aromatic carbocycles. The molecular weight excluding hydrogens is 405 g/mol. The molecule has 6 nitrogen and oxygen atoms in total. The van der Waals surface area contributed by atoms with E-state index < -0.39 is 21.9 Å². The molecule has 0 saturated heterocycles. The van der Waals surface area contributed by atoms with E-state index in [1.165, 1.54) is 17.1 Å². The van der Waals surface area contributed by atoms with Gasteiger partial charge >= 0.3 is 0 Å². The number of nitrogens with one attached hydrogen (secondary N) is 1. The Morgan fingerprint density at radius 3 is 2.68 bits per heavy atom. The number of carbonyl (C=O) groups excluding carboxylic acids is 1. The van der Waals surface area contributed by atoms with Crippen molar-refractivity contribution < 1.29 is 17.6 Å². The van der Waals surface area contributed by atoms with Crippen LogP contribution < -0.4 is 4.72 Å². The van der Waals surface area contributed by atoms with Gasteiger partial charge in [-0.15, -0.1) is 0 Å². The maximum absolute atomic E-state index is 14.5. The van der Waals surface area contributed by atoms with Crippen molar-refractivity contribution in [2.45, 2.75) is 25.8 Å². The minimum absolute atomic E-state index is 0.203. The number of nitrogens with zero attached hydrogens (tertiary/aromatic N) is 2. The van der Waals surface area contributed by atoms with E-state index in [0.29, 0.717) is 17.0 Å². The highest BCUT2D eigenvalue weighted by Gasteiger charge is 2.35. The zero-order chi connectivity index (χ0) is 20.5. The highest BCUT2D eigenvalue weighted by Crippen LogP contribution is 2.38. The molecule has 0 aliphatic carbocycles. The third kappa shape index (κ3) is 4.34. The lowest BCUT2D eigenvalue weighted by Gasteiger charge is -2.22. The second-order valence-corrected chi connectivity index (χ2v) is 8.60. The SMILES string of the molecule is CCC(=O)N1N=C(c2cccc(NS(C)(=O)=O)c2)C[C@H]1c1c(F)cccc1Cl. The van der Waals surface area contributed by atoms with Gasteiger partial charge in [0, 0.05) is 29.1 Å². The summed E-state index contributed by atoms with van der Waals surface area (Å²) in [5.41, 5.74) is 1.78. The van der Waals surface area contributed by atoms with Crippen molar-refractivity contribution in [3.63, 3.8) is 0 Å². The average Bonchev–Trinajstić information content (AvgIpc) is 3.05. The molecule has 2 aromatic rings. The number of benzene rings is 2. The molecule has 0 spiro atoms. The molecule has 1 atom stereocenters. The zero-order valence-corrected chi connectivity index (χ0v) is 16.9. The Bertz CT molecular complexity index is 1040. The van der Waals surface area contributed by atoms with E-state index in [4.69, 9.17) is 11.6 Å². The van der Waals surface area contributed by atoms with Crippen LogP contribution in [0.15, 0.2) is 47.6 Å². The number of rotatable bonds is 5. The lowest BCUT2D eigenvalue weighted by atomic mass is 9.97. The van der Waals surface area contributed by atoms with Crippen molar-refractivity contribution in [2.24, 2.45) is 5.10 Å². The van der Waals surface area contributed by atoms with Crippen LogP contribution in [0.2, 0.25) is 5.02 Å². The minimum Gasteiger partial charge on any atom is -0.284 e. The molecule has 1 amide bonds. The number of hydrogen-bond acceptors (Lipinski definition) is 4. The van der Waals surface area contributed by atoms with Crippen LogP contribution in [0.1, 0.15) is 36.9 Å². The van der Waals surface area contributed by atoms with Crippen LogP contribution >= 0.6 is 11.6 Å². The molecule has 148 valence electrons. The topological polar surface area (TPSA) is 78.8 Å². The quantitative estimate of drug-likeness (QED) is 0.791. The number of halogens is 2.